The van der Waals surface area contributed by atoms with Gasteiger partial charge < -0.3 is 4.90 Å². The molecule has 0 spiro atoms. The van der Waals surface area contributed by atoms with Gasteiger partial charge in [0, 0.05) is 13.1 Å². The van der Waals surface area contributed by atoms with Crippen molar-refractivity contribution in [2.75, 3.05) is 20.1 Å². The first-order chi connectivity index (χ1) is 6.24. The van der Waals surface area contributed by atoms with Crippen molar-refractivity contribution in [3.63, 3.8) is 0 Å². The van der Waals surface area contributed by atoms with E-state index in [4.69, 9.17) is 0 Å². The van der Waals surface area contributed by atoms with E-state index >= 15 is 0 Å². The van der Waals surface area contributed by atoms with Crippen LogP contribution in [0.25, 0.3) is 0 Å². The second-order valence-electron chi connectivity index (χ2n) is 3.70. The Balaban J connectivity index is 2.68. The highest BCUT2D eigenvalue weighted by Gasteiger charge is 2.08. The van der Waals surface area contributed by atoms with E-state index in [-0.39, 0.29) is 0 Å². The van der Waals surface area contributed by atoms with Crippen LogP contribution in [0.5, 0.6) is 0 Å². The molecule has 0 aromatic heterocycles. The summed E-state index contributed by atoms with van der Waals surface area (Å²) in [5.74, 6) is 0. The summed E-state index contributed by atoms with van der Waals surface area (Å²) in [6.45, 7) is 8.29. The molecule has 1 heterocycles. The van der Waals surface area contributed by atoms with Crippen molar-refractivity contribution in [3.05, 3.63) is 36.0 Å². The van der Waals surface area contributed by atoms with E-state index in [0.29, 0.717) is 0 Å². The van der Waals surface area contributed by atoms with Gasteiger partial charge in [-0.05, 0) is 32.4 Å². The summed E-state index contributed by atoms with van der Waals surface area (Å²) < 4.78 is 0. The lowest BCUT2D eigenvalue weighted by atomic mass is 10.0. The van der Waals surface area contributed by atoms with Gasteiger partial charge in [0.1, 0.15) is 0 Å². The van der Waals surface area contributed by atoms with Gasteiger partial charge in [-0.25, -0.2) is 0 Å². The average Bonchev–Trinajstić information content (AvgIpc) is 2.28. The van der Waals surface area contributed by atoms with E-state index in [0.717, 1.165) is 0 Å². The molecule has 1 nitrogen and oxygen atoms in total. The predicted molar refractivity (Wildman–Crippen MR) is 58.8 cm³/mol. The summed E-state index contributed by atoms with van der Waals surface area (Å²) in [5.41, 5.74) is 3.02. The molecule has 0 aromatic carbocycles. The van der Waals surface area contributed by atoms with Gasteiger partial charge in [-0.1, -0.05) is 30.4 Å². The van der Waals surface area contributed by atoms with E-state index in [1.165, 1.54) is 37.1 Å². The molecule has 13 heavy (non-hydrogen) atoms. The quantitative estimate of drug-likeness (QED) is 0.586. The Morgan fingerprint density at radius 2 is 2.00 bits per heavy atom. The number of rotatable bonds is 2. The van der Waals surface area contributed by atoms with Crippen molar-refractivity contribution >= 4 is 0 Å². The zero-order valence-electron chi connectivity index (χ0n) is 8.71. The van der Waals surface area contributed by atoms with Crippen molar-refractivity contribution in [2.24, 2.45) is 0 Å². The van der Waals surface area contributed by atoms with Crippen LogP contribution in [0.2, 0.25) is 0 Å². The van der Waals surface area contributed by atoms with Crippen LogP contribution in [0.4, 0.5) is 0 Å². The monoisotopic (exact) mass is 177 g/mol. The molecule has 0 aliphatic carbocycles. The summed E-state index contributed by atoms with van der Waals surface area (Å²) in [7, 11) is 2.19. The molecule has 0 N–H and O–H groups in total. The summed E-state index contributed by atoms with van der Waals surface area (Å²) in [6.07, 6.45) is 8.44. The summed E-state index contributed by atoms with van der Waals surface area (Å²) in [5, 5.41) is 0. The lowest BCUT2D eigenvalue weighted by Gasteiger charge is -2.11. The first-order valence-corrected chi connectivity index (χ1v) is 4.90. The Morgan fingerprint density at radius 1 is 1.31 bits per heavy atom. The maximum atomic E-state index is 3.69. The van der Waals surface area contributed by atoms with Gasteiger partial charge in [0.25, 0.3) is 0 Å². The molecule has 0 amide bonds. The molecule has 1 rings (SSSR count). The molecule has 0 unspecified atom stereocenters. The molecule has 1 aliphatic heterocycles. The average molecular weight is 177 g/mol. The van der Waals surface area contributed by atoms with Gasteiger partial charge >= 0.3 is 0 Å². The van der Waals surface area contributed by atoms with Crippen LogP contribution < -0.4 is 0 Å². The Bertz CT molecular complexity index is 236. The third-order valence-electron chi connectivity index (χ3n) is 2.61. The minimum Gasteiger partial charge on any atom is -0.306 e. The molecule has 0 saturated carbocycles. The maximum absolute atomic E-state index is 3.69. The fourth-order valence-corrected chi connectivity index (χ4v) is 1.57. The van der Waals surface area contributed by atoms with Gasteiger partial charge in [-0.3, -0.25) is 0 Å². The molecule has 1 aliphatic rings. The largest absolute Gasteiger partial charge is 0.306 e. The first kappa shape index (κ1) is 10.3. The standard InChI is InChI=1S/C12H19N/c1-4-5-6-12-8-10-13(3)9-7-11(12)2/h4-6H,1,7-10H2,2-3H3/b6-5-. The van der Waals surface area contributed by atoms with Crippen molar-refractivity contribution in [1.82, 2.24) is 4.90 Å². The fourth-order valence-electron chi connectivity index (χ4n) is 1.57. The first-order valence-electron chi connectivity index (χ1n) is 4.90. The number of allylic oxidation sites excluding steroid dienone is 3. The van der Waals surface area contributed by atoms with E-state index in [1.807, 2.05) is 12.2 Å². The molecule has 0 bridgehead atoms. The summed E-state index contributed by atoms with van der Waals surface area (Å²) >= 11 is 0. The lowest BCUT2D eigenvalue weighted by Crippen LogP contribution is -2.18. The number of hydrogen-bond donors (Lipinski definition) is 0. The molecule has 0 fully saturated rings. The zero-order chi connectivity index (χ0) is 9.68. The summed E-state index contributed by atoms with van der Waals surface area (Å²) in [6, 6.07) is 0. The predicted octanol–water partition coefficient (Wildman–Crippen LogP) is 2.77. The molecule has 0 atom stereocenters. The van der Waals surface area contributed by atoms with Crippen LogP contribution in [-0.2, 0) is 0 Å². The molecular weight excluding hydrogens is 158 g/mol. The smallest absolute Gasteiger partial charge is 0.00189 e. The normalized spacial score (nSPS) is 20.8. The molecule has 0 saturated heterocycles. The van der Waals surface area contributed by atoms with Crippen LogP contribution >= 0.6 is 0 Å². The van der Waals surface area contributed by atoms with Crippen LogP contribution in [0.15, 0.2) is 36.0 Å². The zero-order valence-corrected chi connectivity index (χ0v) is 8.71. The van der Waals surface area contributed by atoms with Crippen LogP contribution in [0.3, 0.4) is 0 Å². The van der Waals surface area contributed by atoms with Gasteiger partial charge in [-0.15, -0.1) is 0 Å². The van der Waals surface area contributed by atoms with Gasteiger partial charge in [0.15, 0.2) is 0 Å². The molecule has 1 heteroatoms. The third kappa shape index (κ3) is 3.19. The topological polar surface area (TPSA) is 3.24 Å². The van der Waals surface area contributed by atoms with Crippen molar-refractivity contribution < 1.29 is 0 Å². The SMILES string of the molecule is C=C/C=C\C1=C(C)CCN(C)CC1. The Hall–Kier alpha value is -0.820. The van der Waals surface area contributed by atoms with Gasteiger partial charge in [-0.2, -0.15) is 0 Å². The second kappa shape index (κ2) is 5.03. The minimum absolute atomic E-state index is 1.17. The third-order valence-corrected chi connectivity index (χ3v) is 2.61. The van der Waals surface area contributed by atoms with Gasteiger partial charge in [0.05, 0.1) is 0 Å². The number of nitrogens with zero attached hydrogens (tertiary/aromatic N) is 1. The van der Waals surface area contributed by atoms with Crippen LogP contribution in [-0.4, -0.2) is 25.0 Å². The van der Waals surface area contributed by atoms with E-state index in [2.05, 4.69) is 31.5 Å². The highest BCUT2D eigenvalue weighted by molar-refractivity contribution is 5.27. The molecule has 0 radical (unpaired) electrons. The highest BCUT2D eigenvalue weighted by Crippen LogP contribution is 2.18. The highest BCUT2D eigenvalue weighted by atomic mass is 15.1. The lowest BCUT2D eigenvalue weighted by molar-refractivity contribution is 0.352. The Kier molecular flexibility index (Phi) is 3.97. The van der Waals surface area contributed by atoms with Crippen LogP contribution in [0.1, 0.15) is 19.8 Å². The minimum atomic E-state index is 1.17. The second-order valence-corrected chi connectivity index (χ2v) is 3.70. The molecular formula is C12H19N. The Labute approximate surface area is 81.4 Å². The van der Waals surface area contributed by atoms with Crippen molar-refractivity contribution in [3.8, 4) is 0 Å². The molecule has 72 valence electrons. The maximum Gasteiger partial charge on any atom is 0.00189 e. The summed E-state index contributed by atoms with van der Waals surface area (Å²) in [4.78, 5) is 2.39. The fraction of sp³-hybridized carbons (Fsp3) is 0.500. The molecule has 0 aromatic rings. The van der Waals surface area contributed by atoms with E-state index in [1.54, 1.807) is 0 Å². The van der Waals surface area contributed by atoms with Crippen LogP contribution in [0, 0.1) is 0 Å². The number of hydrogen-bond acceptors (Lipinski definition) is 1. The van der Waals surface area contributed by atoms with E-state index in [9.17, 15) is 0 Å². The van der Waals surface area contributed by atoms with Gasteiger partial charge in [0.2, 0.25) is 0 Å². The van der Waals surface area contributed by atoms with E-state index < -0.39 is 0 Å². The Morgan fingerprint density at radius 3 is 2.69 bits per heavy atom. The van der Waals surface area contributed by atoms with Crippen molar-refractivity contribution in [1.29, 1.82) is 0 Å². The van der Waals surface area contributed by atoms with Crippen molar-refractivity contribution in [2.45, 2.75) is 19.8 Å².